The number of carbonyl (C=O) groups is 1. The molecule has 3 aliphatic heterocycles. The van der Waals surface area contributed by atoms with Crippen LogP contribution >= 0.6 is 23.2 Å². The van der Waals surface area contributed by atoms with Crippen LogP contribution < -0.4 is 5.32 Å². The maximum atomic E-state index is 14.6. The second-order valence-corrected chi connectivity index (χ2v) is 13.7. The normalized spacial score (nSPS) is 25.8. The van der Waals surface area contributed by atoms with Gasteiger partial charge in [-0.2, -0.15) is 0 Å². The number of nitrogens with one attached hydrogen (secondary N) is 1. The van der Waals surface area contributed by atoms with E-state index in [-0.39, 0.29) is 26.6 Å². The molecule has 2 aromatic carbocycles. The van der Waals surface area contributed by atoms with Gasteiger partial charge in [0.1, 0.15) is 0 Å². The number of carboxylic acid groups (broad SMARTS) is 1. The van der Waals surface area contributed by atoms with Gasteiger partial charge in [0.05, 0.1) is 31.7 Å². The summed E-state index contributed by atoms with van der Waals surface area (Å²) in [5.74, 6) is -2.25. The summed E-state index contributed by atoms with van der Waals surface area (Å²) in [5.41, 5.74) is 2.45. The third kappa shape index (κ3) is 5.50. The number of likely N-dealkylation sites (N-methyl/N-ethyl adjacent to an activating group) is 1. The lowest BCUT2D eigenvalue weighted by molar-refractivity contribution is -0.133. The van der Waals surface area contributed by atoms with E-state index in [1.807, 2.05) is 30.1 Å². The molecule has 0 amide bonds. The number of aliphatic carboxylic acids is 1. The number of dihydropyridines is 1. The molecule has 0 spiro atoms. The van der Waals surface area contributed by atoms with E-state index in [2.05, 4.69) is 22.3 Å². The number of hydrogen-bond donors (Lipinski definition) is 2. The van der Waals surface area contributed by atoms with Crippen LogP contribution in [0.2, 0.25) is 10.0 Å². The van der Waals surface area contributed by atoms with Crippen molar-refractivity contribution in [2.45, 2.75) is 49.9 Å². The van der Waals surface area contributed by atoms with Crippen molar-refractivity contribution in [2.75, 3.05) is 26.7 Å². The van der Waals surface area contributed by atoms with E-state index in [0.717, 1.165) is 25.9 Å². The lowest BCUT2D eigenvalue weighted by atomic mass is 9.86. The number of rotatable bonds is 6. The van der Waals surface area contributed by atoms with E-state index in [4.69, 9.17) is 23.2 Å². The van der Waals surface area contributed by atoms with Crippen LogP contribution in [0.1, 0.15) is 43.2 Å². The average Bonchev–Trinajstić information content (AvgIpc) is 3.27. The first-order valence-electron chi connectivity index (χ1n) is 13.2. The number of hydrogen-bond acceptors (Lipinski definition) is 6. The van der Waals surface area contributed by atoms with E-state index in [0.29, 0.717) is 36.5 Å². The van der Waals surface area contributed by atoms with Gasteiger partial charge in [-0.1, -0.05) is 65.7 Å². The summed E-state index contributed by atoms with van der Waals surface area (Å²) < 4.78 is 29.2. The van der Waals surface area contributed by atoms with Crippen molar-refractivity contribution in [3.05, 3.63) is 91.6 Å². The van der Waals surface area contributed by atoms with Gasteiger partial charge in [0.25, 0.3) is 0 Å². The number of halogens is 2. The molecule has 1 fully saturated rings. The predicted molar refractivity (Wildman–Crippen MR) is 154 cm³/mol. The summed E-state index contributed by atoms with van der Waals surface area (Å²) in [6.45, 7) is 4.05. The summed E-state index contributed by atoms with van der Waals surface area (Å²) >= 11 is 12.9. The van der Waals surface area contributed by atoms with Crippen LogP contribution in [0.15, 0.2) is 70.4 Å². The Balaban J connectivity index is 1.55. The van der Waals surface area contributed by atoms with Gasteiger partial charge >= 0.3 is 5.97 Å². The van der Waals surface area contributed by atoms with Crippen LogP contribution in [0, 0.1) is 0 Å². The van der Waals surface area contributed by atoms with E-state index < -0.39 is 27.0 Å². The number of allylic oxidation sites excluding steroid dienone is 2. The van der Waals surface area contributed by atoms with Crippen LogP contribution in [-0.2, 0) is 21.2 Å². The van der Waals surface area contributed by atoms with Crippen molar-refractivity contribution in [1.29, 1.82) is 0 Å². The molecule has 3 unspecified atom stereocenters. The fourth-order valence-electron chi connectivity index (χ4n) is 6.31. The van der Waals surface area contributed by atoms with Crippen molar-refractivity contribution >= 4 is 39.0 Å². The number of sulfone groups is 1. The molecule has 0 radical (unpaired) electrons. The molecule has 39 heavy (non-hydrogen) atoms. The third-order valence-electron chi connectivity index (χ3n) is 8.06. The van der Waals surface area contributed by atoms with Gasteiger partial charge in [0.2, 0.25) is 0 Å². The molecule has 0 aromatic heterocycles. The zero-order chi connectivity index (χ0) is 27.9. The zero-order valence-corrected chi connectivity index (χ0v) is 24.4. The van der Waals surface area contributed by atoms with Crippen LogP contribution in [0.5, 0.6) is 0 Å². The van der Waals surface area contributed by atoms with E-state index in [1.165, 1.54) is 5.56 Å². The zero-order valence-electron chi connectivity index (χ0n) is 22.0. The first-order valence-corrected chi connectivity index (χ1v) is 15.5. The minimum absolute atomic E-state index is 0.0311. The minimum Gasteiger partial charge on any atom is -0.478 e. The molecule has 5 rings (SSSR count). The Kier molecular flexibility index (Phi) is 8.13. The highest BCUT2D eigenvalue weighted by Crippen LogP contribution is 2.47. The Morgan fingerprint density at radius 3 is 2.59 bits per heavy atom. The van der Waals surface area contributed by atoms with Crippen molar-refractivity contribution in [2.24, 2.45) is 0 Å². The maximum absolute atomic E-state index is 14.6. The SMILES string of the molecule is CC1=C(C(=O)O)C(c2cccc(Cl)c2Cl)C2=C(CN(C)CC(CC3CCCN3Cc3ccccc3)S2(=O)=O)N1. The van der Waals surface area contributed by atoms with Gasteiger partial charge in [-0.05, 0) is 57.0 Å². The van der Waals surface area contributed by atoms with Gasteiger partial charge in [0.15, 0.2) is 9.84 Å². The highest BCUT2D eigenvalue weighted by atomic mass is 35.5. The summed E-state index contributed by atoms with van der Waals surface area (Å²) in [7, 11) is -2.04. The number of benzene rings is 2. The summed E-state index contributed by atoms with van der Waals surface area (Å²) in [5, 5.41) is 13.1. The van der Waals surface area contributed by atoms with Crippen LogP contribution in [0.4, 0.5) is 0 Å². The molecule has 2 aromatic rings. The van der Waals surface area contributed by atoms with Crippen molar-refractivity contribution in [3.63, 3.8) is 0 Å². The molecular formula is C29H33Cl2N3O4S. The Hall–Kier alpha value is -2.36. The summed E-state index contributed by atoms with van der Waals surface area (Å²) in [6.07, 6.45) is 2.41. The lowest BCUT2D eigenvalue weighted by Gasteiger charge is -2.33. The highest BCUT2D eigenvalue weighted by molar-refractivity contribution is 7.96. The molecular weight excluding hydrogens is 557 g/mol. The fourth-order valence-corrected chi connectivity index (χ4v) is 9.04. The van der Waals surface area contributed by atoms with E-state index in [9.17, 15) is 18.3 Å². The molecule has 0 bridgehead atoms. The molecule has 208 valence electrons. The van der Waals surface area contributed by atoms with Crippen molar-refractivity contribution in [3.8, 4) is 0 Å². The number of nitrogens with zero attached hydrogens (tertiary/aromatic N) is 2. The number of carboxylic acids is 1. The molecule has 0 saturated carbocycles. The highest BCUT2D eigenvalue weighted by Gasteiger charge is 2.47. The van der Waals surface area contributed by atoms with Gasteiger partial charge in [0, 0.05) is 37.1 Å². The molecule has 3 atom stereocenters. The summed E-state index contributed by atoms with van der Waals surface area (Å²) in [4.78, 5) is 17.0. The summed E-state index contributed by atoms with van der Waals surface area (Å²) in [6, 6.07) is 15.3. The van der Waals surface area contributed by atoms with Crippen molar-refractivity contribution in [1.82, 2.24) is 15.1 Å². The molecule has 2 N–H and O–H groups in total. The smallest absolute Gasteiger partial charge is 0.334 e. The Labute approximate surface area is 240 Å². The van der Waals surface area contributed by atoms with E-state index >= 15 is 0 Å². The van der Waals surface area contributed by atoms with Crippen LogP contribution in [-0.4, -0.2) is 67.3 Å². The van der Waals surface area contributed by atoms with Gasteiger partial charge in [-0.25, -0.2) is 13.2 Å². The minimum atomic E-state index is -3.94. The second-order valence-electron chi connectivity index (χ2n) is 10.7. The molecule has 7 nitrogen and oxygen atoms in total. The topological polar surface area (TPSA) is 90.0 Å². The Morgan fingerprint density at radius 2 is 1.87 bits per heavy atom. The van der Waals surface area contributed by atoms with Gasteiger partial charge < -0.3 is 10.4 Å². The quantitative estimate of drug-likeness (QED) is 0.488. The fraction of sp³-hybridized carbons (Fsp3) is 0.414. The molecule has 10 heteroatoms. The third-order valence-corrected chi connectivity index (χ3v) is 11.2. The van der Waals surface area contributed by atoms with Crippen molar-refractivity contribution < 1.29 is 18.3 Å². The first-order chi connectivity index (χ1) is 18.6. The van der Waals surface area contributed by atoms with Crippen LogP contribution in [0.3, 0.4) is 0 Å². The largest absolute Gasteiger partial charge is 0.478 e. The lowest BCUT2D eigenvalue weighted by Crippen LogP contribution is -2.40. The molecule has 1 saturated heterocycles. The second kappa shape index (κ2) is 11.3. The average molecular weight is 591 g/mol. The molecule has 0 aliphatic carbocycles. The van der Waals surface area contributed by atoms with Crippen LogP contribution in [0.25, 0.3) is 0 Å². The number of likely N-dealkylation sites (tertiary alicyclic amines) is 1. The molecule has 3 aliphatic rings. The standard InChI is InChI=1S/C29H33Cl2N3O4S/c1-18-25(29(35)36)26(22-11-6-12-23(30)27(22)31)28-24(32-18)17-33(2)16-21(39(28,37)38)14-20-10-7-13-34(20)15-19-8-4-3-5-9-19/h3-6,8-9,11-12,20-21,26,32H,7,10,13-17H2,1-2H3,(H,35,36). The first kappa shape index (κ1) is 28.2. The van der Waals surface area contributed by atoms with Gasteiger partial charge in [-0.15, -0.1) is 0 Å². The van der Waals surface area contributed by atoms with Gasteiger partial charge in [-0.3, -0.25) is 9.80 Å². The maximum Gasteiger partial charge on any atom is 0.334 e. The molecule has 3 heterocycles. The Morgan fingerprint density at radius 1 is 1.13 bits per heavy atom. The Bertz CT molecular complexity index is 1440. The van der Waals surface area contributed by atoms with E-state index in [1.54, 1.807) is 25.1 Å². The predicted octanol–water partition coefficient (Wildman–Crippen LogP) is 5.03. The monoisotopic (exact) mass is 589 g/mol.